The van der Waals surface area contributed by atoms with E-state index < -0.39 is 0 Å². The fourth-order valence-corrected chi connectivity index (χ4v) is 3.68. The maximum atomic E-state index is 12.6. The number of Topliss-reactive ketones (excluding diaryl/α,β-unsaturated/α-hetero) is 2. The molecule has 1 unspecified atom stereocenters. The molecular weight excluding hydrogens is 212 g/mol. The Morgan fingerprint density at radius 2 is 2.12 bits per heavy atom. The SMILES string of the molecule is C=CC[C@]12CCCCC[C@H](C(=O)C(C)C1)C2=O. The van der Waals surface area contributed by atoms with E-state index in [0.29, 0.717) is 0 Å². The number of hydrogen-bond acceptors (Lipinski definition) is 2. The van der Waals surface area contributed by atoms with E-state index in [9.17, 15) is 9.59 Å². The highest BCUT2D eigenvalue weighted by Crippen LogP contribution is 2.46. The second-order valence-corrected chi connectivity index (χ2v) is 5.80. The molecule has 0 aromatic rings. The third kappa shape index (κ3) is 2.10. The standard InChI is InChI=1S/C15H22O2/c1-3-8-15-9-6-4-5-7-12(14(15)17)13(16)11(2)10-15/h3,11-12H,1,4-10H2,2H3/t11?,12-,15+/m1/s1. The van der Waals surface area contributed by atoms with Gasteiger partial charge in [-0.3, -0.25) is 9.59 Å². The quantitative estimate of drug-likeness (QED) is 0.542. The molecule has 2 rings (SSSR count). The molecule has 94 valence electrons. The lowest BCUT2D eigenvalue weighted by Gasteiger charge is -2.42. The van der Waals surface area contributed by atoms with Crippen LogP contribution in [0.25, 0.3) is 0 Å². The van der Waals surface area contributed by atoms with E-state index in [-0.39, 0.29) is 28.8 Å². The first-order valence-electron chi connectivity index (χ1n) is 6.80. The number of ketones is 2. The Balaban J connectivity index is 2.35. The van der Waals surface area contributed by atoms with Gasteiger partial charge in [-0.25, -0.2) is 0 Å². The lowest BCUT2D eigenvalue weighted by molar-refractivity contribution is -0.149. The summed E-state index contributed by atoms with van der Waals surface area (Å²) in [6.45, 7) is 5.78. The maximum Gasteiger partial charge on any atom is 0.149 e. The number of hydrogen-bond donors (Lipinski definition) is 0. The molecule has 2 saturated carbocycles. The van der Waals surface area contributed by atoms with Gasteiger partial charge in [0, 0.05) is 11.3 Å². The fraction of sp³-hybridized carbons (Fsp3) is 0.733. The molecule has 0 saturated heterocycles. The summed E-state index contributed by atoms with van der Waals surface area (Å²) in [5.41, 5.74) is -0.264. The molecule has 0 aromatic carbocycles. The van der Waals surface area contributed by atoms with Gasteiger partial charge < -0.3 is 0 Å². The Labute approximate surface area is 103 Å². The van der Waals surface area contributed by atoms with Crippen LogP contribution in [0.2, 0.25) is 0 Å². The molecule has 2 bridgehead atoms. The van der Waals surface area contributed by atoms with Crippen molar-refractivity contribution in [3.8, 4) is 0 Å². The molecule has 2 nitrogen and oxygen atoms in total. The van der Waals surface area contributed by atoms with Gasteiger partial charge in [-0.05, 0) is 25.7 Å². The highest BCUT2D eigenvalue weighted by Gasteiger charge is 2.50. The molecule has 2 aliphatic rings. The van der Waals surface area contributed by atoms with Crippen LogP contribution in [0.15, 0.2) is 12.7 Å². The van der Waals surface area contributed by atoms with Crippen LogP contribution in [0.5, 0.6) is 0 Å². The third-order valence-electron chi connectivity index (χ3n) is 4.55. The zero-order valence-electron chi connectivity index (χ0n) is 10.7. The van der Waals surface area contributed by atoms with Crippen molar-refractivity contribution in [2.24, 2.45) is 17.3 Å². The molecule has 2 fully saturated rings. The summed E-state index contributed by atoms with van der Waals surface area (Å²) in [6, 6.07) is 0. The van der Waals surface area contributed by atoms with Crippen molar-refractivity contribution in [2.45, 2.75) is 51.9 Å². The smallest absolute Gasteiger partial charge is 0.149 e. The Bertz CT molecular complexity index is 345. The van der Waals surface area contributed by atoms with Crippen LogP contribution in [-0.4, -0.2) is 11.6 Å². The number of carbonyl (C=O) groups excluding carboxylic acids is 2. The van der Waals surface area contributed by atoms with Crippen molar-refractivity contribution < 1.29 is 9.59 Å². The van der Waals surface area contributed by atoms with Crippen molar-refractivity contribution in [3.63, 3.8) is 0 Å². The number of allylic oxidation sites excluding steroid dienone is 1. The Kier molecular flexibility index (Phi) is 3.50. The Morgan fingerprint density at radius 3 is 2.82 bits per heavy atom. The number of rotatable bonds is 2. The molecule has 3 atom stereocenters. The minimum absolute atomic E-state index is 0.0516. The van der Waals surface area contributed by atoms with E-state index in [1.807, 2.05) is 13.0 Å². The van der Waals surface area contributed by atoms with Crippen LogP contribution in [0, 0.1) is 17.3 Å². The van der Waals surface area contributed by atoms with Crippen molar-refractivity contribution in [1.29, 1.82) is 0 Å². The summed E-state index contributed by atoms with van der Waals surface area (Å²) in [5, 5.41) is 0. The minimum atomic E-state index is -0.306. The van der Waals surface area contributed by atoms with E-state index >= 15 is 0 Å². The largest absolute Gasteiger partial charge is 0.299 e. The van der Waals surface area contributed by atoms with Gasteiger partial charge in [0.15, 0.2) is 0 Å². The molecular formula is C15H22O2. The van der Waals surface area contributed by atoms with Crippen molar-refractivity contribution in [2.75, 3.05) is 0 Å². The summed E-state index contributed by atoms with van der Waals surface area (Å²) in [5.74, 6) is 0.159. The molecule has 2 heteroatoms. The van der Waals surface area contributed by atoms with Crippen molar-refractivity contribution in [1.82, 2.24) is 0 Å². The van der Waals surface area contributed by atoms with E-state index in [0.717, 1.165) is 44.9 Å². The van der Waals surface area contributed by atoms with E-state index in [2.05, 4.69) is 6.58 Å². The van der Waals surface area contributed by atoms with Gasteiger partial charge in [-0.15, -0.1) is 6.58 Å². The average Bonchev–Trinajstić information content (AvgIpc) is 2.29. The van der Waals surface area contributed by atoms with Crippen LogP contribution < -0.4 is 0 Å². The molecule has 0 N–H and O–H groups in total. The van der Waals surface area contributed by atoms with Gasteiger partial charge in [0.1, 0.15) is 11.6 Å². The van der Waals surface area contributed by atoms with Crippen LogP contribution in [0.3, 0.4) is 0 Å². The molecule has 0 amide bonds. The van der Waals surface area contributed by atoms with Gasteiger partial charge in [0.2, 0.25) is 0 Å². The Hall–Kier alpha value is -0.920. The summed E-state index contributed by atoms with van der Waals surface area (Å²) < 4.78 is 0. The highest BCUT2D eigenvalue weighted by molar-refractivity contribution is 6.08. The summed E-state index contributed by atoms with van der Waals surface area (Å²) >= 11 is 0. The molecule has 0 aromatic heterocycles. The van der Waals surface area contributed by atoms with E-state index in [1.165, 1.54) is 0 Å². The second kappa shape index (κ2) is 4.75. The molecule has 0 radical (unpaired) electrons. The second-order valence-electron chi connectivity index (χ2n) is 5.80. The third-order valence-corrected chi connectivity index (χ3v) is 4.55. The molecule has 0 aliphatic heterocycles. The zero-order chi connectivity index (χ0) is 12.5. The predicted octanol–water partition coefficient (Wildman–Crippen LogP) is 3.31. The van der Waals surface area contributed by atoms with Crippen LogP contribution in [-0.2, 0) is 9.59 Å². The molecule has 0 heterocycles. The lowest BCUT2D eigenvalue weighted by atomic mass is 9.59. The van der Waals surface area contributed by atoms with Crippen molar-refractivity contribution >= 4 is 11.6 Å². The van der Waals surface area contributed by atoms with Gasteiger partial charge in [-0.1, -0.05) is 32.3 Å². The fourth-order valence-electron chi connectivity index (χ4n) is 3.68. The van der Waals surface area contributed by atoms with E-state index in [1.54, 1.807) is 0 Å². The monoisotopic (exact) mass is 234 g/mol. The molecule has 2 aliphatic carbocycles. The zero-order valence-corrected chi connectivity index (χ0v) is 10.7. The Morgan fingerprint density at radius 1 is 1.35 bits per heavy atom. The number of carbonyl (C=O) groups is 2. The van der Waals surface area contributed by atoms with Crippen LogP contribution >= 0.6 is 0 Å². The average molecular weight is 234 g/mol. The topological polar surface area (TPSA) is 34.1 Å². The predicted molar refractivity (Wildman–Crippen MR) is 67.6 cm³/mol. The number of fused-ring (bicyclic) bond motifs is 2. The summed E-state index contributed by atoms with van der Waals surface area (Å²) in [7, 11) is 0. The van der Waals surface area contributed by atoms with E-state index in [4.69, 9.17) is 0 Å². The molecule has 0 spiro atoms. The van der Waals surface area contributed by atoms with Crippen LogP contribution in [0.4, 0.5) is 0 Å². The summed E-state index contributed by atoms with van der Waals surface area (Å²) in [4.78, 5) is 24.7. The van der Waals surface area contributed by atoms with Crippen molar-refractivity contribution in [3.05, 3.63) is 12.7 Å². The maximum absolute atomic E-state index is 12.6. The summed E-state index contributed by atoms with van der Waals surface area (Å²) in [6.07, 6.45) is 8.38. The first kappa shape index (κ1) is 12.5. The van der Waals surface area contributed by atoms with Crippen LogP contribution in [0.1, 0.15) is 51.9 Å². The van der Waals surface area contributed by atoms with Gasteiger partial charge in [0.05, 0.1) is 5.92 Å². The van der Waals surface area contributed by atoms with Gasteiger partial charge in [-0.2, -0.15) is 0 Å². The first-order valence-corrected chi connectivity index (χ1v) is 6.80. The normalized spacial score (nSPS) is 38.4. The lowest BCUT2D eigenvalue weighted by Crippen LogP contribution is -2.48. The molecule has 17 heavy (non-hydrogen) atoms. The van der Waals surface area contributed by atoms with Gasteiger partial charge >= 0.3 is 0 Å². The van der Waals surface area contributed by atoms with Gasteiger partial charge in [0.25, 0.3) is 0 Å². The minimum Gasteiger partial charge on any atom is -0.299 e. The highest BCUT2D eigenvalue weighted by atomic mass is 16.2. The first-order chi connectivity index (χ1) is 8.10.